The van der Waals surface area contributed by atoms with Crippen molar-refractivity contribution >= 4 is 70.9 Å². The molecule has 93 heavy (non-hydrogen) atoms. The second-order valence-electron chi connectivity index (χ2n) is 24.4. The van der Waals surface area contributed by atoms with E-state index in [1.807, 2.05) is 13.8 Å². The molecule has 2 saturated heterocycles. The third-order valence-electron chi connectivity index (χ3n) is 16.1. The molecule has 10 atom stereocenters. The van der Waals surface area contributed by atoms with Crippen molar-refractivity contribution in [3.05, 3.63) is 138 Å². The average Bonchev–Trinajstić information content (AvgIpc) is 1.86. The largest absolute Gasteiger partial charge is 0.508 e. The van der Waals surface area contributed by atoms with Crippen molar-refractivity contribution in [1.29, 1.82) is 0 Å². The number of nitrogens with one attached hydrogen (secondary N) is 9. The molecule has 2 aliphatic heterocycles. The number of fused-ring (bicyclic) bond motifs is 1. The number of hydrogen-bond donors (Lipinski definition) is 13. The third-order valence-corrected chi connectivity index (χ3v) is 16.1. The Morgan fingerprint density at radius 1 is 0.462 bits per heavy atom. The predicted octanol–water partition coefficient (Wildman–Crippen LogP) is 0.00260. The zero-order valence-corrected chi connectivity index (χ0v) is 53.0. The van der Waals surface area contributed by atoms with Crippen LogP contribution in [0, 0.1) is 11.8 Å². The molecular weight excluding hydrogens is 1190 g/mol. The Hall–Kier alpha value is -9.72. The fraction of sp³-hybridized carbons (Fsp3) is 0.463. The molecule has 4 aromatic rings. The van der Waals surface area contributed by atoms with Crippen LogP contribution in [0.25, 0.3) is 0 Å². The van der Waals surface area contributed by atoms with Gasteiger partial charge in [-0.1, -0.05) is 131 Å². The number of carbonyl (C=O) groups is 12. The summed E-state index contributed by atoms with van der Waals surface area (Å²) < 4.78 is 0. The molecular formula is C67H89N13O13. The number of aromatic hydroxyl groups is 1. The lowest BCUT2D eigenvalue weighted by Crippen LogP contribution is -2.62. The van der Waals surface area contributed by atoms with E-state index in [1.165, 1.54) is 29.2 Å². The highest BCUT2D eigenvalue weighted by Gasteiger charge is 2.42. The molecule has 500 valence electrons. The summed E-state index contributed by atoms with van der Waals surface area (Å²) in [6, 6.07) is 17.0. The number of phenolic OH excluding ortho intramolecular Hbond substituents is 1. The lowest BCUT2D eigenvalue weighted by Gasteiger charge is -2.32. The highest BCUT2D eigenvalue weighted by molar-refractivity contribution is 6.01. The van der Waals surface area contributed by atoms with Gasteiger partial charge in [0, 0.05) is 38.6 Å². The van der Waals surface area contributed by atoms with Gasteiger partial charge in [0.25, 0.3) is 0 Å². The van der Waals surface area contributed by atoms with Gasteiger partial charge in [0.15, 0.2) is 0 Å². The van der Waals surface area contributed by atoms with Crippen molar-refractivity contribution in [3.63, 3.8) is 0 Å². The topological polar surface area (TPSA) is 415 Å². The van der Waals surface area contributed by atoms with Crippen LogP contribution >= 0.6 is 0 Å². The Kier molecular flexibility index (Phi) is 27.8. The van der Waals surface area contributed by atoms with E-state index in [1.54, 1.807) is 105 Å². The maximum Gasteiger partial charge on any atom is 0.246 e. The van der Waals surface area contributed by atoms with Crippen molar-refractivity contribution in [2.24, 2.45) is 29.0 Å². The molecule has 26 nitrogen and oxygen atoms in total. The minimum absolute atomic E-state index is 0.0289. The second-order valence-corrected chi connectivity index (χ2v) is 24.4. The molecule has 2 fully saturated rings. The lowest BCUT2D eigenvalue weighted by atomic mass is 9.98. The minimum atomic E-state index is -1.85. The van der Waals surface area contributed by atoms with Crippen LogP contribution in [0.4, 0.5) is 0 Å². The van der Waals surface area contributed by atoms with Gasteiger partial charge < -0.3 is 75.1 Å². The molecule has 0 spiro atoms. The molecule has 2 heterocycles. The number of nitrogens with zero attached hydrogens (tertiary/aromatic N) is 1. The van der Waals surface area contributed by atoms with Gasteiger partial charge in [-0.05, 0) is 97.7 Å². The van der Waals surface area contributed by atoms with Crippen LogP contribution in [0.5, 0.6) is 5.75 Å². The number of unbranched alkanes of at least 4 members (excludes halogenated alkanes) is 1. The smallest absolute Gasteiger partial charge is 0.246 e. The summed E-state index contributed by atoms with van der Waals surface area (Å²) in [6.45, 7) is 7.23. The Balaban J connectivity index is 1.47. The number of phenols is 1. The number of benzene rings is 4. The first-order valence-electron chi connectivity index (χ1n) is 31.6. The molecule has 12 amide bonds. The van der Waals surface area contributed by atoms with E-state index < -0.39 is 156 Å². The normalized spacial score (nSPS) is 23.8. The van der Waals surface area contributed by atoms with Crippen molar-refractivity contribution in [3.8, 4) is 5.75 Å². The highest BCUT2D eigenvalue weighted by Crippen LogP contribution is 2.22. The SMILES string of the molecule is CC(C)C[C@H]1NC(=O)[C@@H](CCCCN)NC(=O)[C@@H](C(C)C)NC(=O)[C@@H](Cc2ccc(O)cc2)NC(=O)[C@@H](CCC(N)=O)NC(=O)[C@@H](CC(N)=O)NC(=O)[C@H](Cc2ccccc2)NC(=O)[C@@H](Cc2ccccc2)NC(=O)[C@H]2CCCN2C(=O)[C@H](Cc2ccccc2)NC1=O. The van der Waals surface area contributed by atoms with Gasteiger partial charge in [-0.25, -0.2) is 0 Å². The van der Waals surface area contributed by atoms with Gasteiger partial charge in [0.2, 0.25) is 70.9 Å². The van der Waals surface area contributed by atoms with E-state index >= 15 is 4.79 Å². The van der Waals surface area contributed by atoms with E-state index in [2.05, 4.69) is 47.9 Å². The summed E-state index contributed by atoms with van der Waals surface area (Å²) in [4.78, 5) is 174. The molecule has 2 aliphatic rings. The first-order chi connectivity index (χ1) is 44.4. The number of primary amides is 2. The molecule has 4 aromatic carbocycles. The van der Waals surface area contributed by atoms with Crippen LogP contribution in [-0.2, 0) is 83.2 Å². The first-order valence-corrected chi connectivity index (χ1v) is 31.6. The summed E-state index contributed by atoms with van der Waals surface area (Å²) >= 11 is 0. The van der Waals surface area contributed by atoms with Crippen LogP contribution < -0.4 is 65.1 Å². The van der Waals surface area contributed by atoms with Crippen LogP contribution in [-0.4, -0.2) is 154 Å². The molecule has 26 heteroatoms. The van der Waals surface area contributed by atoms with Crippen molar-refractivity contribution in [1.82, 2.24) is 52.8 Å². The van der Waals surface area contributed by atoms with Crippen molar-refractivity contribution in [2.45, 2.75) is 172 Å². The van der Waals surface area contributed by atoms with E-state index in [0.717, 1.165) is 0 Å². The number of amides is 12. The second kappa shape index (κ2) is 35.8. The summed E-state index contributed by atoms with van der Waals surface area (Å²) in [5, 5.41) is 34.5. The number of carbonyl (C=O) groups excluding carboxylic acids is 12. The molecule has 0 saturated carbocycles. The summed E-state index contributed by atoms with van der Waals surface area (Å²) in [7, 11) is 0. The van der Waals surface area contributed by atoms with Crippen LogP contribution in [0.1, 0.15) is 108 Å². The maximum atomic E-state index is 15.2. The predicted molar refractivity (Wildman–Crippen MR) is 344 cm³/mol. The van der Waals surface area contributed by atoms with Gasteiger partial charge in [-0.15, -0.1) is 0 Å². The van der Waals surface area contributed by atoms with Crippen molar-refractivity contribution in [2.75, 3.05) is 13.1 Å². The molecule has 0 aliphatic carbocycles. The fourth-order valence-electron chi connectivity index (χ4n) is 11.1. The van der Waals surface area contributed by atoms with E-state index in [9.17, 15) is 57.8 Å². The summed E-state index contributed by atoms with van der Waals surface area (Å²) in [5.74, 6) is -11.7. The molecule has 16 N–H and O–H groups in total. The summed E-state index contributed by atoms with van der Waals surface area (Å²) in [5.41, 5.74) is 19.3. The van der Waals surface area contributed by atoms with Crippen LogP contribution in [0.3, 0.4) is 0 Å². The van der Waals surface area contributed by atoms with Crippen molar-refractivity contribution < 1.29 is 62.6 Å². The monoisotopic (exact) mass is 1280 g/mol. The number of hydrogen-bond acceptors (Lipinski definition) is 14. The number of rotatable bonds is 20. The van der Waals surface area contributed by atoms with Gasteiger partial charge in [-0.3, -0.25) is 57.5 Å². The Bertz CT molecular complexity index is 3230. The quantitative estimate of drug-likeness (QED) is 0.0519. The first kappa shape index (κ1) is 72.3. The third kappa shape index (κ3) is 22.9. The highest BCUT2D eigenvalue weighted by atomic mass is 16.3. The Morgan fingerprint density at radius 3 is 1.34 bits per heavy atom. The van der Waals surface area contributed by atoms with Gasteiger partial charge in [0.1, 0.15) is 66.2 Å². The van der Waals surface area contributed by atoms with Crippen LogP contribution in [0.2, 0.25) is 0 Å². The standard InChI is InChI=1S/C67H89N13O13/c1-39(2)33-48-60(86)78-53(37-43-21-12-7-13-22-43)67(93)80-32-16-24-54(80)65(91)77-50(35-42-19-10-6-11-20-42)62(88)75-49(34-41-17-8-5-9-18-41)61(87)76-52(38-56(70)83)63(89)71-47(29-30-55(69)82)59(85)74-51(36-44-25-27-45(81)28-26-44)64(90)79-57(40(3)4)66(92)72-46(58(84)73-48)23-14-15-31-68/h5-13,17-22,25-28,39-40,46-54,57,81H,14-16,23-24,29-38,68H2,1-4H3,(H2,69,82)(H2,70,83)(H,71,89)(H,72,92)(H,73,84)(H,74,85)(H,75,88)(H,76,87)(H,77,91)(H,78,86)(H,79,90)/t46-,47-,48-,49+,50-,51-,52-,53+,54-,57-/m1/s1. The maximum absolute atomic E-state index is 15.2. The molecule has 0 unspecified atom stereocenters. The van der Waals surface area contributed by atoms with Gasteiger partial charge >= 0.3 is 0 Å². The Morgan fingerprint density at radius 2 is 0.860 bits per heavy atom. The van der Waals surface area contributed by atoms with Crippen LogP contribution in [0.15, 0.2) is 115 Å². The molecule has 0 bridgehead atoms. The average molecular weight is 1280 g/mol. The Labute approximate surface area is 541 Å². The zero-order valence-electron chi connectivity index (χ0n) is 53.0. The van der Waals surface area contributed by atoms with E-state index in [0.29, 0.717) is 41.5 Å². The van der Waals surface area contributed by atoms with Gasteiger partial charge in [-0.2, -0.15) is 0 Å². The van der Waals surface area contributed by atoms with E-state index in [-0.39, 0.29) is 69.7 Å². The molecule has 6 rings (SSSR count). The fourth-order valence-corrected chi connectivity index (χ4v) is 11.1. The molecule has 0 aromatic heterocycles. The number of nitrogens with two attached hydrogens (primary N) is 3. The van der Waals surface area contributed by atoms with E-state index in [4.69, 9.17) is 17.2 Å². The summed E-state index contributed by atoms with van der Waals surface area (Å²) in [6.07, 6.45) is -1.12. The minimum Gasteiger partial charge on any atom is -0.508 e. The van der Waals surface area contributed by atoms with Gasteiger partial charge in [0.05, 0.1) is 6.42 Å². The zero-order chi connectivity index (χ0) is 67.7. The lowest BCUT2D eigenvalue weighted by molar-refractivity contribution is -0.142. The molecule has 0 radical (unpaired) electrons.